The molecule has 0 aromatic carbocycles. The monoisotopic (exact) mass is 301 g/mol. The van der Waals surface area contributed by atoms with Crippen molar-refractivity contribution in [3.05, 3.63) is 0 Å². The normalized spacial score (nSPS) is 10.0. The molecule has 0 saturated heterocycles. The Kier molecular flexibility index (Phi) is 18.3. The van der Waals surface area contributed by atoms with E-state index in [2.05, 4.69) is 11.7 Å². The van der Waals surface area contributed by atoms with E-state index in [9.17, 15) is 9.59 Å². The van der Waals surface area contributed by atoms with Crippen molar-refractivity contribution in [1.82, 2.24) is 6.15 Å². The number of esters is 2. The number of hydrogen-bond acceptors (Lipinski definition) is 4. The van der Waals surface area contributed by atoms with Crippen LogP contribution in [0.5, 0.6) is 0 Å². The number of carbonyl (C=O) groups is 2. The van der Waals surface area contributed by atoms with Crippen LogP contribution in [-0.4, -0.2) is 11.9 Å². The summed E-state index contributed by atoms with van der Waals surface area (Å²) in [5.74, 6) is -0.786. The second kappa shape index (κ2) is 17.2. The molecule has 0 aliphatic rings. The van der Waals surface area contributed by atoms with Gasteiger partial charge in [0.2, 0.25) is 0 Å². The molecule has 0 atom stereocenters. The van der Waals surface area contributed by atoms with E-state index in [0.29, 0.717) is 6.42 Å². The summed E-state index contributed by atoms with van der Waals surface area (Å²) in [6, 6.07) is 0. The Morgan fingerprint density at radius 3 is 1.52 bits per heavy atom. The molecule has 126 valence electrons. The predicted octanol–water partition coefficient (Wildman–Crippen LogP) is 5.33. The van der Waals surface area contributed by atoms with Crippen molar-refractivity contribution in [3.8, 4) is 0 Å². The van der Waals surface area contributed by atoms with Crippen molar-refractivity contribution in [2.24, 2.45) is 0 Å². The molecule has 0 fully saturated rings. The van der Waals surface area contributed by atoms with E-state index in [1.165, 1.54) is 57.8 Å². The zero-order valence-corrected chi connectivity index (χ0v) is 14.1. The van der Waals surface area contributed by atoms with Gasteiger partial charge in [-0.1, -0.05) is 78.1 Å². The van der Waals surface area contributed by atoms with E-state index in [1.54, 1.807) is 6.92 Å². The van der Waals surface area contributed by atoms with Crippen LogP contribution in [0.2, 0.25) is 0 Å². The maximum Gasteiger partial charge on any atom is 0.313 e. The van der Waals surface area contributed by atoms with Gasteiger partial charge in [0.15, 0.2) is 0 Å². The van der Waals surface area contributed by atoms with Gasteiger partial charge in [-0.3, -0.25) is 9.59 Å². The number of unbranched alkanes of at least 4 members (excludes halogenated alkanes) is 10. The van der Waals surface area contributed by atoms with Crippen molar-refractivity contribution < 1.29 is 14.3 Å². The molecule has 0 aliphatic heterocycles. The lowest BCUT2D eigenvalue weighted by Crippen LogP contribution is -2.10. The van der Waals surface area contributed by atoms with Crippen LogP contribution in [-0.2, 0) is 14.3 Å². The summed E-state index contributed by atoms with van der Waals surface area (Å²) in [6.45, 7) is 3.94. The zero-order chi connectivity index (χ0) is 15.1. The third-order valence-electron chi connectivity index (χ3n) is 3.50. The minimum absolute atomic E-state index is 0. The highest BCUT2D eigenvalue weighted by molar-refractivity contribution is 5.85. The Morgan fingerprint density at radius 2 is 1.10 bits per heavy atom. The summed E-state index contributed by atoms with van der Waals surface area (Å²) in [4.78, 5) is 22.1. The van der Waals surface area contributed by atoms with Crippen molar-refractivity contribution in [2.45, 2.75) is 97.3 Å². The minimum atomic E-state index is -0.418. The molecule has 0 saturated carbocycles. The first kappa shape index (κ1) is 22.4. The van der Waals surface area contributed by atoms with Gasteiger partial charge in [-0.2, -0.15) is 0 Å². The van der Waals surface area contributed by atoms with Crippen molar-refractivity contribution in [2.75, 3.05) is 0 Å². The van der Waals surface area contributed by atoms with Gasteiger partial charge in [-0.05, 0) is 6.42 Å². The second-order valence-corrected chi connectivity index (χ2v) is 5.49. The van der Waals surface area contributed by atoms with Gasteiger partial charge >= 0.3 is 11.9 Å². The first-order chi connectivity index (χ1) is 9.70. The molecule has 0 radical (unpaired) electrons. The summed E-state index contributed by atoms with van der Waals surface area (Å²) in [5.41, 5.74) is 0. The molecule has 3 N–H and O–H groups in total. The molecule has 0 rings (SSSR count). The third kappa shape index (κ3) is 17.0. The van der Waals surface area contributed by atoms with Crippen LogP contribution in [0.25, 0.3) is 0 Å². The van der Waals surface area contributed by atoms with E-state index in [-0.39, 0.29) is 18.5 Å². The molecule has 0 amide bonds. The predicted molar refractivity (Wildman–Crippen MR) is 87.5 cm³/mol. The highest BCUT2D eigenvalue weighted by Gasteiger charge is 2.07. The Morgan fingerprint density at radius 1 is 0.667 bits per heavy atom. The fourth-order valence-corrected chi connectivity index (χ4v) is 2.18. The highest BCUT2D eigenvalue weighted by atomic mass is 16.6. The van der Waals surface area contributed by atoms with Gasteiger partial charge in [0.05, 0.1) is 0 Å². The van der Waals surface area contributed by atoms with Gasteiger partial charge in [-0.25, -0.2) is 0 Å². The largest absolute Gasteiger partial charge is 0.393 e. The fourth-order valence-electron chi connectivity index (χ4n) is 2.18. The van der Waals surface area contributed by atoms with Gasteiger partial charge in [-0.15, -0.1) is 0 Å². The molecular formula is C17H35NO3. The first-order valence-electron chi connectivity index (χ1n) is 8.44. The average Bonchev–Trinajstić information content (AvgIpc) is 2.44. The van der Waals surface area contributed by atoms with E-state index < -0.39 is 5.97 Å². The maximum atomic E-state index is 11.2. The number of ether oxygens (including phenoxy) is 1. The smallest absolute Gasteiger partial charge is 0.313 e. The van der Waals surface area contributed by atoms with Crippen LogP contribution in [0, 0.1) is 0 Å². The summed E-state index contributed by atoms with van der Waals surface area (Å²) >= 11 is 0. The molecular weight excluding hydrogens is 266 g/mol. The Hall–Kier alpha value is -0.900. The third-order valence-corrected chi connectivity index (χ3v) is 3.50. The van der Waals surface area contributed by atoms with E-state index >= 15 is 0 Å². The molecule has 0 unspecified atom stereocenters. The SMILES string of the molecule is CCCCCCCCCCCCCC(=O)OC(=O)CC.N. The summed E-state index contributed by atoms with van der Waals surface area (Å²) in [7, 11) is 0. The van der Waals surface area contributed by atoms with E-state index in [1.807, 2.05) is 0 Å². The van der Waals surface area contributed by atoms with Crippen molar-refractivity contribution >= 4 is 11.9 Å². The summed E-state index contributed by atoms with van der Waals surface area (Å²) in [6.07, 6.45) is 14.5. The van der Waals surface area contributed by atoms with Crippen LogP contribution in [0.4, 0.5) is 0 Å². The lowest BCUT2D eigenvalue weighted by atomic mass is 10.1. The van der Waals surface area contributed by atoms with Crippen LogP contribution >= 0.6 is 0 Å². The second-order valence-electron chi connectivity index (χ2n) is 5.49. The molecule has 0 aliphatic carbocycles. The van der Waals surface area contributed by atoms with E-state index in [0.717, 1.165) is 12.8 Å². The standard InChI is InChI=1S/C17H32O3.H3N/c1-3-5-6-7-8-9-10-11-12-13-14-15-17(19)20-16(18)4-2;/h3-15H2,1-2H3;1H3. The number of rotatable bonds is 13. The van der Waals surface area contributed by atoms with Crippen LogP contribution in [0.15, 0.2) is 0 Å². The quantitative estimate of drug-likeness (QED) is 0.283. The van der Waals surface area contributed by atoms with Gasteiger partial charge in [0, 0.05) is 12.8 Å². The lowest BCUT2D eigenvalue weighted by Gasteiger charge is -2.03. The lowest BCUT2D eigenvalue weighted by molar-refractivity contribution is -0.159. The highest BCUT2D eigenvalue weighted by Crippen LogP contribution is 2.12. The molecule has 4 heteroatoms. The van der Waals surface area contributed by atoms with Gasteiger partial charge < -0.3 is 10.9 Å². The fraction of sp³-hybridized carbons (Fsp3) is 0.882. The molecule has 0 aromatic rings. The van der Waals surface area contributed by atoms with Crippen LogP contribution in [0.3, 0.4) is 0 Å². The van der Waals surface area contributed by atoms with Crippen LogP contribution < -0.4 is 6.15 Å². The first-order valence-corrected chi connectivity index (χ1v) is 8.44. The number of carbonyl (C=O) groups excluding carboxylic acids is 2. The topological polar surface area (TPSA) is 78.4 Å². The van der Waals surface area contributed by atoms with Gasteiger partial charge in [0.1, 0.15) is 0 Å². The zero-order valence-electron chi connectivity index (χ0n) is 14.1. The van der Waals surface area contributed by atoms with E-state index in [4.69, 9.17) is 0 Å². The Labute approximate surface area is 130 Å². The van der Waals surface area contributed by atoms with Gasteiger partial charge in [0.25, 0.3) is 0 Å². The summed E-state index contributed by atoms with van der Waals surface area (Å²) in [5, 5.41) is 0. The maximum absolute atomic E-state index is 11.2. The molecule has 0 bridgehead atoms. The van der Waals surface area contributed by atoms with Crippen molar-refractivity contribution in [1.29, 1.82) is 0 Å². The molecule has 0 spiro atoms. The molecule has 4 nitrogen and oxygen atoms in total. The minimum Gasteiger partial charge on any atom is -0.393 e. The Balaban J connectivity index is 0. The Bertz CT molecular complexity index is 254. The van der Waals surface area contributed by atoms with Crippen molar-refractivity contribution in [3.63, 3.8) is 0 Å². The van der Waals surface area contributed by atoms with Crippen LogP contribution in [0.1, 0.15) is 97.3 Å². The molecule has 21 heavy (non-hydrogen) atoms. The molecule has 0 heterocycles. The molecule has 0 aromatic heterocycles. The number of hydrogen-bond donors (Lipinski definition) is 1. The average molecular weight is 301 g/mol. The summed E-state index contributed by atoms with van der Waals surface area (Å²) < 4.78 is 4.61.